The molecule has 0 saturated carbocycles. The average molecular weight is 419 g/mol. The van der Waals surface area contributed by atoms with Gasteiger partial charge < -0.3 is 19.7 Å². The molecule has 31 heavy (non-hydrogen) atoms. The number of ether oxygens (including phenoxy) is 2. The Hall–Kier alpha value is -3.72. The zero-order chi connectivity index (χ0) is 21.3. The molecular formula is C22H25N7O2. The van der Waals surface area contributed by atoms with Crippen LogP contribution >= 0.6 is 0 Å². The molecule has 0 bridgehead atoms. The zero-order valence-corrected chi connectivity index (χ0v) is 17.4. The molecule has 9 nitrogen and oxygen atoms in total. The molecule has 0 radical (unpaired) electrons. The van der Waals surface area contributed by atoms with Crippen LogP contribution in [-0.2, 0) is 11.3 Å². The van der Waals surface area contributed by atoms with Crippen LogP contribution in [0.25, 0.3) is 0 Å². The van der Waals surface area contributed by atoms with Crippen molar-refractivity contribution in [1.29, 1.82) is 0 Å². The summed E-state index contributed by atoms with van der Waals surface area (Å²) in [4.78, 5) is 15.7. The molecule has 0 spiro atoms. The standard InChI is InChI=1S/C22H25N7O2/c1-30-19-9-7-18(8-10-19)16-24-28-21-25-20(23-15-17-5-3-2-4-6-17)26-22(27-21)29-11-13-31-14-12-29/h2-10,16H,11-15H2,1H3,(H2,23,25,26,27,28)/b24-16+. The summed E-state index contributed by atoms with van der Waals surface area (Å²) in [5.74, 6) is 2.25. The third-order valence-electron chi connectivity index (χ3n) is 4.70. The van der Waals surface area contributed by atoms with Gasteiger partial charge in [-0.3, -0.25) is 0 Å². The van der Waals surface area contributed by atoms with Gasteiger partial charge in [0.1, 0.15) is 5.75 Å². The van der Waals surface area contributed by atoms with Crippen LogP contribution in [0.3, 0.4) is 0 Å². The second kappa shape index (κ2) is 10.4. The molecule has 1 aliphatic rings. The fourth-order valence-electron chi connectivity index (χ4n) is 3.03. The molecule has 1 saturated heterocycles. The van der Waals surface area contributed by atoms with Gasteiger partial charge in [0.05, 0.1) is 26.5 Å². The van der Waals surface area contributed by atoms with Gasteiger partial charge >= 0.3 is 0 Å². The first-order valence-corrected chi connectivity index (χ1v) is 10.1. The van der Waals surface area contributed by atoms with Crippen molar-refractivity contribution in [2.75, 3.05) is 49.1 Å². The Morgan fingerprint density at radius 3 is 2.48 bits per heavy atom. The highest BCUT2D eigenvalue weighted by molar-refractivity contribution is 5.80. The van der Waals surface area contributed by atoms with Crippen LogP contribution in [0.15, 0.2) is 59.7 Å². The summed E-state index contributed by atoms with van der Waals surface area (Å²) in [5, 5.41) is 7.55. The van der Waals surface area contributed by atoms with Crippen molar-refractivity contribution in [3.8, 4) is 5.75 Å². The van der Waals surface area contributed by atoms with Crippen LogP contribution in [0.2, 0.25) is 0 Å². The van der Waals surface area contributed by atoms with E-state index in [1.807, 2.05) is 42.5 Å². The molecule has 2 aromatic carbocycles. The molecule has 2 heterocycles. The number of aromatic nitrogens is 3. The second-order valence-corrected chi connectivity index (χ2v) is 6.86. The first-order valence-electron chi connectivity index (χ1n) is 10.1. The SMILES string of the molecule is COc1ccc(/C=N/Nc2nc(NCc3ccccc3)nc(N3CCOCC3)n2)cc1. The molecule has 160 valence electrons. The summed E-state index contributed by atoms with van der Waals surface area (Å²) in [7, 11) is 1.64. The van der Waals surface area contributed by atoms with Crippen molar-refractivity contribution in [1.82, 2.24) is 15.0 Å². The van der Waals surface area contributed by atoms with E-state index in [-0.39, 0.29) is 0 Å². The summed E-state index contributed by atoms with van der Waals surface area (Å²) < 4.78 is 10.6. The van der Waals surface area contributed by atoms with E-state index in [0.717, 1.165) is 30.0 Å². The lowest BCUT2D eigenvalue weighted by atomic mass is 10.2. The zero-order valence-electron chi connectivity index (χ0n) is 17.4. The third kappa shape index (κ3) is 5.89. The number of anilines is 3. The minimum Gasteiger partial charge on any atom is -0.497 e. The third-order valence-corrected chi connectivity index (χ3v) is 4.70. The highest BCUT2D eigenvalue weighted by Gasteiger charge is 2.16. The van der Waals surface area contributed by atoms with Gasteiger partial charge in [-0.05, 0) is 35.4 Å². The lowest BCUT2D eigenvalue weighted by molar-refractivity contribution is 0.122. The van der Waals surface area contributed by atoms with E-state index in [0.29, 0.717) is 37.6 Å². The first-order chi connectivity index (χ1) is 15.3. The van der Waals surface area contributed by atoms with Crippen molar-refractivity contribution in [2.24, 2.45) is 5.10 Å². The maximum Gasteiger partial charge on any atom is 0.250 e. The van der Waals surface area contributed by atoms with Gasteiger partial charge in [0.25, 0.3) is 0 Å². The number of hydrogen-bond acceptors (Lipinski definition) is 9. The maximum absolute atomic E-state index is 5.44. The maximum atomic E-state index is 5.44. The van der Waals surface area contributed by atoms with Crippen molar-refractivity contribution < 1.29 is 9.47 Å². The smallest absolute Gasteiger partial charge is 0.250 e. The highest BCUT2D eigenvalue weighted by atomic mass is 16.5. The van der Waals surface area contributed by atoms with E-state index in [4.69, 9.17) is 9.47 Å². The summed E-state index contributed by atoms with van der Waals surface area (Å²) in [6.45, 7) is 3.38. The number of methoxy groups -OCH3 is 1. The molecule has 0 atom stereocenters. The molecule has 2 N–H and O–H groups in total. The lowest BCUT2D eigenvalue weighted by Crippen LogP contribution is -2.37. The van der Waals surface area contributed by atoms with Gasteiger partial charge in [-0.25, -0.2) is 5.43 Å². The summed E-state index contributed by atoms with van der Waals surface area (Å²) in [5.41, 5.74) is 4.99. The normalized spacial score (nSPS) is 13.9. The van der Waals surface area contributed by atoms with Crippen LogP contribution in [0.1, 0.15) is 11.1 Å². The van der Waals surface area contributed by atoms with Crippen LogP contribution in [0.5, 0.6) is 5.75 Å². The monoisotopic (exact) mass is 419 g/mol. The minimum atomic E-state index is 0.372. The number of morpholine rings is 1. The van der Waals surface area contributed by atoms with Gasteiger partial charge in [-0.15, -0.1) is 0 Å². The summed E-state index contributed by atoms with van der Waals surface area (Å²) in [6.07, 6.45) is 1.70. The number of hydrazone groups is 1. The van der Waals surface area contributed by atoms with E-state index in [1.165, 1.54) is 0 Å². The van der Waals surface area contributed by atoms with E-state index < -0.39 is 0 Å². The predicted octanol–water partition coefficient (Wildman–Crippen LogP) is 2.77. The quantitative estimate of drug-likeness (QED) is 0.425. The molecule has 0 aliphatic carbocycles. The van der Waals surface area contributed by atoms with Crippen LogP contribution < -0.4 is 20.4 Å². The van der Waals surface area contributed by atoms with Crippen LogP contribution in [-0.4, -0.2) is 54.6 Å². The van der Waals surface area contributed by atoms with E-state index >= 15 is 0 Å². The Bertz CT molecular complexity index is 991. The largest absolute Gasteiger partial charge is 0.497 e. The molecule has 3 aromatic rings. The fraction of sp³-hybridized carbons (Fsp3) is 0.273. The van der Waals surface area contributed by atoms with E-state index in [1.54, 1.807) is 13.3 Å². The molecule has 0 amide bonds. The van der Waals surface area contributed by atoms with E-state index in [2.05, 4.69) is 47.8 Å². The Morgan fingerprint density at radius 1 is 1.00 bits per heavy atom. The second-order valence-electron chi connectivity index (χ2n) is 6.86. The Labute approximate surface area is 181 Å². The first kappa shape index (κ1) is 20.5. The van der Waals surface area contributed by atoms with Crippen LogP contribution in [0.4, 0.5) is 17.8 Å². The van der Waals surface area contributed by atoms with Gasteiger partial charge in [-0.1, -0.05) is 30.3 Å². The fourth-order valence-corrected chi connectivity index (χ4v) is 3.03. The summed E-state index contributed by atoms with van der Waals surface area (Å²) in [6, 6.07) is 17.7. The number of hydrogen-bond donors (Lipinski definition) is 2. The molecule has 1 aromatic heterocycles. The number of nitrogens with one attached hydrogen (secondary N) is 2. The predicted molar refractivity (Wildman–Crippen MR) is 121 cm³/mol. The van der Waals surface area contributed by atoms with Gasteiger partial charge in [-0.2, -0.15) is 20.1 Å². The molecule has 1 aliphatic heterocycles. The van der Waals surface area contributed by atoms with E-state index in [9.17, 15) is 0 Å². The lowest BCUT2D eigenvalue weighted by Gasteiger charge is -2.27. The minimum absolute atomic E-state index is 0.372. The Kier molecular flexibility index (Phi) is 6.86. The van der Waals surface area contributed by atoms with Crippen molar-refractivity contribution in [3.05, 3.63) is 65.7 Å². The highest BCUT2D eigenvalue weighted by Crippen LogP contribution is 2.16. The Morgan fingerprint density at radius 2 is 1.74 bits per heavy atom. The topological polar surface area (TPSA) is 96.8 Å². The summed E-state index contributed by atoms with van der Waals surface area (Å²) >= 11 is 0. The van der Waals surface area contributed by atoms with Crippen molar-refractivity contribution >= 4 is 24.1 Å². The molecule has 1 fully saturated rings. The molecule has 0 unspecified atom stereocenters. The molecular weight excluding hydrogens is 394 g/mol. The molecule has 9 heteroatoms. The van der Waals surface area contributed by atoms with Gasteiger partial charge in [0.2, 0.25) is 17.8 Å². The number of nitrogens with zero attached hydrogens (tertiary/aromatic N) is 5. The number of benzene rings is 2. The molecule has 4 rings (SSSR count). The number of rotatable bonds is 8. The Balaban J connectivity index is 1.49. The van der Waals surface area contributed by atoms with Gasteiger partial charge in [0.15, 0.2) is 0 Å². The van der Waals surface area contributed by atoms with Crippen molar-refractivity contribution in [2.45, 2.75) is 6.54 Å². The van der Waals surface area contributed by atoms with Crippen molar-refractivity contribution in [3.63, 3.8) is 0 Å². The van der Waals surface area contributed by atoms with Gasteiger partial charge in [0, 0.05) is 19.6 Å². The average Bonchev–Trinajstić information content (AvgIpc) is 2.84. The van der Waals surface area contributed by atoms with Crippen LogP contribution in [0, 0.1) is 0 Å².